The van der Waals surface area contributed by atoms with Crippen LogP contribution in [-0.4, -0.2) is 29.5 Å². The first-order valence-corrected chi connectivity index (χ1v) is 6.76. The van der Waals surface area contributed by atoms with Crippen molar-refractivity contribution in [2.75, 3.05) is 14.2 Å². The molecule has 0 saturated carbocycles. The summed E-state index contributed by atoms with van der Waals surface area (Å²) >= 11 is 6.26. The molecule has 0 bridgehead atoms. The molecule has 0 aromatic carbocycles. The van der Waals surface area contributed by atoms with Gasteiger partial charge in [-0.2, -0.15) is 5.10 Å². The van der Waals surface area contributed by atoms with E-state index in [2.05, 4.69) is 31.2 Å². The number of aryl methyl sites for hydroxylation is 1. The fourth-order valence-electron chi connectivity index (χ4n) is 2.02. The summed E-state index contributed by atoms with van der Waals surface area (Å²) in [5.74, 6) is 0. The monoisotopic (exact) mass is 273 g/mol. The fourth-order valence-corrected chi connectivity index (χ4v) is 2.29. The predicted molar refractivity (Wildman–Crippen MR) is 75.0 cm³/mol. The molecule has 0 radical (unpaired) electrons. The minimum atomic E-state index is -0.196. The quantitative estimate of drug-likeness (QED) is 0.830. The van der Waals surface area contributed by atoms with Gasteiger partial charge in [0.05, 0.1) is 28.6 Å². The van der Waals surface area contributed by atoms with E-state index in [9.17, 15) is 0 Å². The number of aromatic nitrogens is 2. The normalized spacial score (nSPS) is 13.9. The van der Waals surface area contributed by atoms with E-state index in [0.29, 0.717) is 0 Å². The van der Waals surface area contributed by atoms with Crippen molar-refractivity contribution in [2.24, 2.45) is 0 Å². The van der Waals surface area contributed by atoms with Crippen molar-refractivity contribution in [3.63, 3.8) is 0 Å². The van der Waals surface area contributed by atoms with Gasteiger partial charge in [0.2, 0.25) is 0 Å². The first-order chi connectivity index (χ1) is 8.45. The zero-order valence-electron chi connectivity index (χ0n) is 12.0. The van der Waals surface area contributed by atoms with Gasteiger partial charge in [-0.25, -0.2) is 0 Å². The zero-order chi connectivity index (χ0) is 13.8. The zero-order valence-corrected chi connectivity index (χ0v) is 12.7. The third kappa shape index (κ3) is 3.70. The highest BCUT2D eigenvalue weighted by Crippen LogP contribution is 2.30. The third-order valence-electron chi connectivity index (χ3n) is 3.20. The van der Waals surface area contributed by atoms with Crippen molar-refractivity contribution >= 4 is 11.6 Å². The van der Waals surface area contributed by atoms with Crippen LogP contribution in [0.15, 0.2) is 6.20 Å². The van der Waals surface area contributed by atoms with Gasteiger partial charge >= 0.3 is 0 Å². The van der Waals surface area contributed by atoms with E-state index < -0.39 is 0 Å². The first-order valence-electron chi connectivity index (χ1n) is 6.38. The Hall–Kier alpha value is -0.580. The Kier molecular flexibility index (Phi) is 5.63. The Bertz CT molecular complexity index is 376. The van der Waals surface area contributed by atoms with Crippen LogP contribution >= 0.6 is 11.6 Å². The van der Waals surface area contributed by atoms with Crippen LogP contribution in [0, 0.1) is 0 Å². The van der Waals surface area contributed by atoms with Gasteiger partial charge in [-0.05, 0) is 33.7 Å². The standard InChI is InChI=1S/C13H24ClN3O/c1-6-7-17-12(10(14)9-16-17)11(15-4)8-13(2,3)18-5/h9,11,15H,6-8H2,1-5H3. The van der Waals surface area contributed by atoms with E-state index in [1.807, 2.05) is 11.7 Å². The largest absolute Gasteiger partial charge is 0.379 e. The number of nitrogens with one attached hydrogen (secondary N) is 1. The molecule has 1 unspecified atom stereocenters. The van der Waals surface area contributed by atoms with Crippen LogP contribution in [0.2, 0.25) is 5.02 Å². The van der Waals surface area contributed by atoms with Gasteiger partial charge in [0.15, 0.2) is 0 Å². The average molecular weight is 274 g/mol. The molecule has 0 aliphatic heterocycles. The van der Waals surface area contributed by atoms with Crippen molar-refractivity contribution in [2.45, 2.75) is 51.8 Å². The van der Waals surface area contributed by atoms with Gasteiger partial charge < -0.3 is 10.1 Å². The lowest BCUT2D eigenvalue weighted by atomic mass is 9.96. The molecule has 18 heavy (non-hydrogen) atoms. The molecule has 0 saturated heterocycles. The molecule has 1 aromatic heterocycles. The van der Waals surface area contributed by atoms with Crippen LogP contribution in [0.3, 0.4) is 0 Å². The molecule has 0 aliphatic carbocycles. The number of halogens is 1. The highest BCUT2D eigenvalue weighted by atomic mass is 35.5. The average Bonchev–Trinajstić information content (AvgIpc) is 2.68. The van der Waals surface area contributed by atoms with E-state index in [0.717, 1.165) is 30.1 Å². The summed E-state index contributed by atoms with van der Waals surface area (Å²) in [7, 11) is 3.67. The van der Waals surface area contributed by atoms with Crippen molar-refractivity contribution in [1.82, 2.24) is 15.1 Å². The van der Waals surface area contributed by atoms with E-state index >= 15 is 0 Å². The van der Waals surface area contributed by atoms with Crippen LogP contribution in [0.5, 0.6) is 0 Å². The second-order valence-corrected chi connectivity index (χ2v) is 5.52. The molecule has 1 heterocycles. The molecule has 1 atom stereocenters. The molecular weight excluding hydrogens is 250 g/mol. The summed E-state index contributed by atoms with van der Waals surface area (Å²) in [5, 5.41) is 8.36. The molecule has 0 fully saturated rings. The van der Waals surface area contributed by atoms with E-state index in [4.69, 9.17) is 16.3 Å². The van der Waals surface area contributed by atoms with Crippen molar-refractivity contribution in [3.8, 4) is 0 Å². The molecule has 104 valence electrons. The molecule has 1 aromatic rings. The molecule has 4 nitrogen and oxygen atoms in total. The maximum absolute atomic E-state index is 6.26. The summed E-state index contributed by atoms with van der Waals surface area (Å²) < 4.78 is 7.48. The lowest BCUT2D eigenvalue weighted by Gasteiger charge is -2.29. The van der Waals surface area contributed by atoms with Crippen LogP contribution in [0.4, 0.5) is 0 Å². The van der Waals surface area contributed by atoms with Gasteiger partial charge in [0.1, 0.15) is 0 Å². The molecular formula is C13H24ClN3O. The van der Waals surface area contributed by atoms with E-state index in [1.54, 1.807) is 13.3 Å². The number of hydrogen-bond donors (Lipinski definition) is 1. The van der Waals surface area contributed by atoms with Crippen LogP contribution in [0.25, 0.3) is 0 Å². The smallest absolute Gasteiger partial charge is 0.0834 e. The Labute approximate surface area is 115 Å². The predicted octanol–water partition coefficient (Wildman–Crippen LogP) is 3.02. The Morgan fingerprint density at radius 2 is 2.22 bits per heavy atom. The maximum atomic E-state index is 6.26. The number of nitrogens with zero attached hydrogens (tertiary/aromatic N) is 2. The molecule has 0 aliphatic rings. The Morgan fingerprint density at radius 3 is 2.72 bits per heavy atom. The highest BCUT2D eigenvalue weighted by Gasteiger charge is 2.27. The number of rotatable bonds is 7. The van der Waals surface area contributed by atoms with Gasteiger partial charge in [0, 0.05) is 13.7 Å². The van der Waals surface area contributed by atoms with Crippen molar-refractivity contribution < 1.29 is 4.74 Å². The van der Waals surface area contributed by atoms with Crippen molar-refractivity contribution in [3.05, 3.63) is 16.9 Å². The minimum Gasteiger partial charge on any atom is -0.379 e. The summed E-state index contributed by atoms with van der Waals surface area (Å²) in [6.07, 6.45) is 3.60. The first kappa shape index (κ1) is 15.5. The van der Waals surface area contributed by atoms with Gasteiger partial charge in [-0.3, -0.25) is 4.68 Å². The summed E-state index contributed by atoms with van der Waals surface area (Å²) in [4.78, 5) is 0. The van der Waals surface area contributed by atoms with E-state index in [-0.39, 0.29) is 11.6 Å². The molecule has 0 spiro atoms. The third-order valence-corrected chi connectivity index (χ3v) is 3.49. The maximum Gasteiger partial charge on any atom is 0.0834 e. The van der Waals surface area contributed by atoms with Crippen LogP contribution in [-0.2, 0) is 11.3 Å². The topological polar surface area (TPSA) is 39.1 Å². The Morgan fingerprint density at radius 1 is 1.56 bits per heavy atom. The fraction of sp³-hybridized carbons (Fsp3) is 0.769. The number of methoxy groups -OCH3 is 1. The highest BCUT2D eigenvalue weighted by molar-refractivity contribution is 6.31. The molecule has 0 amide bonds. The van der Waals surface area contributed by atoms with Crippen LogP contribution < -0.4 is 5.32 Å². The van der Waals surface area contributed by atoms with E-state index in [1.165, 1.54) is 0 Å². The molecule has 1 N–H and O–H groups in total. The van der Waals surface area contributed by atoms with Crippen molar-refractivity contribution in [1.29, 1.82) is 0 Å². The summed E-state index contributed by atoms with van der Waals surface area (Å²) in [6.45, 7) is 7.16. The molecule has 1 rings (SSSR count). The summed E-state index contributed by atoms with van der Waals surface area (Å²) in [5.41, 5.74) is 0.851. The second kappa shape index (κ2) is 6.55. The minimum absolute atomic E-state index is 0.140. The Balaban J connectivity index is 2.97. The SMILES string of the molecule is CCCn1ncc(Cl)c1C(CC(C)(C)OC)NC. The second-order valence-electron chi connectivity index (χ2n) is 5.11. The van der Waals surface area contributed by atoms with Gasteiger partial charge in [0.25, 0.3) is 0 Å². The summed E-state index contributed by atoms with van der Waals surface area (Å²) in [6, 6.07) is 0.140. The van der Waals surface area contributed by atoms with Gasteiger partial charge in [-0.1, -0.05) is 18.5 Å². The number of hydrogen-bond acceptors (Lipinski definition) is 3. The van der Waals surface area contributed by atoms with Crippen LogP contribution in [0.1, 0.15) is 45.3 Å². The lowest BCUT2D eigenvalue weighted by Crippen LogP contribution is -2.32. The lowest BCUT2D eigenvalue weighted by molar-refractivity contribution is 0.00675. The van der Waals surface area contributed by atoms with Gasteiger partial charge in [-0.15, -0.1) is 0 Å². The number of ether oxygens (including phenoxy) is 1. The molecule has 5 heteroatoms.